The average molecular weight is 309 g/mol. The molecule has 4 nitrogen and oxygen atoms in total. The van der Waals surface area contributed by atoms with Crippen LogP contribution >= 0.6 is 0 Å². The van der Waals surface area contributed by atoms with Gasteiger partial charge in [-0.1, -0.05) is 24.3 Å². The van der Waals surface area contributed by atoms with Gasteiger partial charge in [0.05, 0.1) is 0 Å². The van der Waals surface area contributed by atoms with E-state index in [0.29, 0.717) is 0 Å². The van der Waals surface area contributed by atoms with Crippen molar-refractivity contribution in [3.05, 3.63) is 47.5 Å². The minimum atomic E-state index is -1.00. The third kappa shape index (κ3) is 6.64. The smallest absolute Gasteiger partial charge is 0.328 e. The monoisotopic (exact) mass is 308 g/mol. The van der Waals surface area contributed by atoms with Crippen molar-refractivity contribution in [1.29, 1.82) is 0 Å². The van der Waals surface area contributed by atoms with Crippen molar-refractivity contribution < 1.29 is 46.0 Å². The quantitative estimate of drug-likeness (QED) is 0.833. The molecule has 1 aromatic carbocycles. The molecule has 0 heterocycles. The van der Waals surface area contributed by atoms with Gasteiger partial charge >= 0.3 is 11.9 Å². The third-order valence-electron chi connectivity index (χ3n) is 1.77. The van der Waals surface area contributed by atoms with Crippen molar-refractivity contribution in [2.45, 2.75) is 0 Å². The topological polar surface area (TPSA) is 74.6 Å². The average Bonchev–Trinajstić information content (AvgIpc) is 2.25. The normalized spacial score (nSPS) is 10.4. The van der Waals surface area contributed by atoms with Crippen molar-refractivity contribution in [2.24, 2.45) is 0 Å². The number of carbonyl (C=O) groups is 2. The number of carboxylic acid groups (broad SMARTS) is 2. The summed E-state index contributed by atoms with van der Waals surface area (Å²) in [5, 5.41) is 16.8. The minimum Gasteiger partial charge on any atom is -0.478 e. The number of hydrogen-bond acceptors (Lipinski definition) is 2. The van der Waals surface area contributed by atoms with Gasteiger partial charge in [-0.15, -0.1) is 0 Å². The van der Waals surface area contributed by atoms with Crippen LogP contribution in [-0.2, 0) is 35.8 Å². The summed E-state index contributed by atoms with van der Waals surface area (Å²) in [6, 6.07) is 6.84. The summed E-state index contributed by atoms with van der Waals surface area (Å²) in [7, 11) is 0. The van der Waals surface area contributed by atoms with Crippen molar-refractivity contribution >= 4 is 24.1 Å². The first-order valence-corrected chi connectivity index (χ1v) is 4.50. The van der Waals surface area contributed by atoms with Gasteiger partial charge in [0.25, 0.3) is 0 Å². The molecule has 1 rings (SSSR count). The zero-order chi connectivity index (χ0) is 12.0. The number of rotatable bonds is 4. The molecule has 0 fully saturated rings. The molecule has 0 saturated heterocycles. The van der Waals surface area contributed by atoms with Crippen LogP contribution in [0.5, 0.6) is 0 Å². The van der Waals surface area contributed by atoms with Crippen LogP contribution in [0.2, 0.25) is 0 Å². The zero-order valence-corrected chi connectivity index (χ0v) is 11.3. The maximum Gasteiger partial charge on any atom is 0.328 e. The Labute approximate surface area is 117 Å². The first-order chi connectivity index (χ1) is 7.58. The predicted octanol–water partition coefficient (Wildman–Crippen LogP) is 1.88. The van der Waals surface area contributed by atoms with E-state index >= 15 is 0 Å². The Morgan fingerprint density at radius 2 is 1.12 bits per heavy atom. The SMILES string of the molecule is O=C(O)C=Cc1ccc(C=CC(=O)O)cc1.[Zr]. The summed E-state index contributed by atoms with van der Waals surface area (Å²) in [5.41, 5.74) is 1.49. The second-order valence-electron chi connectivity index (χ2n) is 3.01. The zero-order valence-electron chi connectivity index (χ0n) is 8.83. The summed E-state index contributed by atoms with van der Waals surface area (Å²) in [6.45, 7) is 0. The second-order valence-corrected chi connectivity index (χ2v) is 3.01. The molecule has 0 spiro atoms. The third-order valence-corrected chi connectivity index (χ3v) is 1.77. The fraction of sp³-hybridized carbons (Fsp3) is 0. The Morgan fingerprint density at radius 3 is 1.35 bits per heavy atom. The molecule has 0 unspecified atom stereocenters. The minimum absolute atomic E-state index is 0. The number of hydrogen-bond donors (Lipinski definition) is 2. The van der Waals surface area contributed by atoms with Crippen LogP contribution in [0.1, 0.15) is 11.1 Å². The second kappa shape index (κ2) is 7.74. The Morgan fingerprint density at radius 1 is 0.824 bits per heavy atom. The molecule has 0 aliphatic heterocycles. The molecule has 17 heavy (non-hydrogen) atoms. The Balaban J connectivity index is 0.00000256. The molecule has 86 valence electrons. The van der Waals surface area contributed by atoms with Gasteiger partial charge in [-0.3, -0.25) is 0 Å². The molecule has 5 heteroatoms. The summed E-state index contributed by atoms with van der Waals surface area (Å²) in [6.07, 6.45) is 5.02. The summed E-state index contributed by atoms with van der Waals surface area (Å²) < 4.78 is 0. The van der Waals surface area contributed by atoms with Crippen molar-refractivity contribution in [2.75, 3.05) is 0 Å². The molecule has 0 amide bonds. The molecule has 0 radical (unpaired) electrons. The summed E-state index contributed by atoms with van der Waals surface area (Å²) in [5.74, 6) is -2.01. The van der Waals surface area contributed by atoms with E-state index in [0.717, 1.165) is 23.3 Å². The van der Waals surface area contributed by atoms with Crippen LogP contribution in [-0.4, -0.2) is 22.2 Å². The van der Waals surface area contributed by atoms with Gasteiger partial charge in [0.2, 0.25) is 0 Å². The van der Waals surface area contributed by atoms with E-state index in [1.807, 2.05) is 0 Å². The van der Waals surface area contributed by atoms with Gasteiger partial charge < -0.3 is 10.2 Å². The molecule has 2 N–H and O–H groups in total. The van der Waals surface area contributed by atoms with E-state index in [1.165, 1.54) is 12.2 Å². The standard InChI is InChI=1S/C12H10O4.Zr/c13-11(14)7-5-9-1-2-10(4-3-9)6-8-12(15)16;/h1-8H,(H,13,14)(H,15,16);. The van der Waals surface area contributed by atoms with Crippen LogP contribution in [0.3, 0.4) is 0 Å². The molecule has 0 saturated carbocycles. The Bertz CT molecular complexity index is 403. The largest absolute Gasteiger partial charge is 0.478 e. The molecular weight excluding hydrogens is 299 g/mol. The molecular formula is C12H10O4Zr. The summed E-state index contributed by atoms with van der Waals surface area (Å²) in [4.78, 5) is 20.5. The Hall–Kier alpha value is -1.48. The number of benzene rings is 1. The molecule has 0 atom stereocenters. The fourth-order valence-electron chi connectivity index (χ4n) is 1.05. The first kappa shape index (κ1) is 15.5. The van der Waals surface area contributed by atoms with Crippen LogP contribution in [0.25, 0.3) is 12.2 Å². The number of aliphatic carboxylic acids is 2. The van der Waals surface area contributed by atoms with Crippen molar-refractivity contribution in [1.82, 2.24) is 0 Å². The van der Waals surface area contributed by atoms with Crippen LogP contribution in [0, 0.1) is 0 Å². The Kier molecular flexibility index (Phi) is 7.07. The van der Waals surface area contributed by atoms with E-state index in [-0.39, 0.29) is 26.2 Å². The van der Waals surface area contributed by atoms with Crippen LogP contribution < -0.4 is 0 Å². The van der Waals surface area contributed by atoms with E-state index < -0.39 is 11.9 Å². The molecule has 0 aromatic heterocycles. The maximum atomic E-state index is 10.3. The predicted molar refractivity (Wildman–Crippen MR) is 59.8 cm³/mol. The van der Waals surface area contributed by atoms with Gasteiger partial charge in [-0.25, -0.2) is 9.59 Å². The van der Waals surface area contributed by atoms with Gasteiger partial charge in [-0.2, -0.15) is 0 Å². The van der Waals surface area contributed by atoms with E-state index in [1.54, 1.807) is 24.3 Å². The van der Waals surface area contributed by atoms with Gasteiger partial charge in [-0.05, 0) is 23.3 Å². The van der Waals surface area contributed by atoms with E-state index in [9.17, 15) is 9.59 Å². The van der Waals surface area contributed by atoms with Crippen molar-refractivity contribution in [3.63, 3.8) is 0 Å². The molecule has 0 aliphatic rings. The van der Waals surface area contributed by atoms with Gasteiger partial charge in [0, 0.05) is 38.4 Å². The van der Waals surface area contributed by atoms with Gasteiger partial charge in [0.1, 0.15) is 0 Å². The van der Waals surface area contributed by atoms with Crippen molar-refractivity contribution in [3.8, 4) is 0 Å². The van der Waals surface area contributed by atoms with Crippen LogP contribution in [0.4, 0.5) is 0 Å². The van der Waals surface area contributed by atoms with E-state index in [4.69, 9.17) is 10.2 Å². The molecule has 0 bridgehead atoms. The molecule has 0 aliphatic carbocycles. The maximum absolute atomic E-state index is 10.3. The first-order valence-electron chi connectivity index (χ1n) is 4.50. The number of carboxylic acids is 2. The molecule has 1 aromatic rings. The van der Waals surface area contributed by atoms with E-state index in [2.05, 4.69) is 0 Å². The summed E-state index contributed by atoms with van der Waals surface area (Å²) >= 11 is 0. The fourth-order valence-corrected chi connectivity index (χ4v) is 1.05. The van der Waals surface area contributed by atoms with Gasteiger partial charge in [0.15, 0.2) is 0 Å². The van der Waals surface area contributed by atoms with Crippen LogP contribution in [0.15, 0.2) is 36.4 Å².